The average Bonchev–Trinajstić information content (AvgIpc) is 3.22. The normalized spacial score (nSPS) is 25.3. The fraction of sp³-hybridized carbons (Fsp3) is 0.389. The first kappa shape index (κ1) is 18.2. The number of aromatic nitrogens is 4. The number of nitrogen functional groups attached to an aromatic ring is 1. The summed E-state index contributed by atoms with van der Waals surface area (Å²) in [4.78, 5) is 13.1. The summed E-state index contributed by atoms with van der Waals surface area (Å²) in [6, 6.07) is 9.59. The van der Waals surface area contributed by atoms with Crippen LogP contribution in [0.1, 0.15) is 18.0 Å². The molecule has 0 amide bonds. The van der Waals surface area contributed by atoms with Crippen molar-refractivity contribution in [2.75, 3.05) is 12.3 Å². The lowest BCUT2D eigenvalue weighted by Crippen LogP contribution is -2.30. The number of nitrogens with two attached hydrogens (primary N) is 1. The smallest absolute Gasteiger partial charge is 0.223 e. The fourth-order valence-electron chi connectivity index (χ4n) is 3.53. The van der Waals surface area contributed by atoms with Gasteiger partial charge in [-0.2, -0.15) is 4.98 Å². The zero-order valence-corrected chi connectivity index (χ0v) is 15.3. The Morgan fingerprint density at radius 1 is 1.15 bits per heavy atom. The predicted molar refractivity (Wildman–Crippen MR) is 102 cm³/mol. The highest BCUT2D eigenvalue weighted by Gasteiger charge is 2.42. The topological polar surface area (TPSA) is 130 Å². The molecule has 0 radical (unpaired) electrons. The Morgan fingerprint density at radius 2 is 1.93 bits per heavy atom. The molecule has 5 N–H and O–H groups in total. The van der Waals surface area contributed by atoms with E-state index in [0.717, 1.165) is 11.3 Å². The van der Waals surface area contributed by atoms with Crippen molar-refractivity contribution >= 4 is 28.9 Å². The molecule has 142 valence electrons. The van der Waals surface area contributed by atoms with Crippen molar-refractivity contribution in [1.82, 2.24) is 19.5 Å². The van der Waals surface area contributed by atoms with Crippen LogP contribution in [0.25, 0.3) is 11.2 Å². The maximum atomic E-state index is 10.4. The Bertz CT molecular complexity index is 935. The van der Waals surface area contributed by atoms with Gasteiger partial charge in [0.05, 0.1) is 18.5 Å². The number of aliphatic hydroxyl groups is 3. The Labute approximate surface area is 160 Å². The summed E-state index contributed by atoms with van der Waals surface area (Å²) in [5, 5.41) is 30.6. The van der Waals surface area contributed by atoms with E-state index in [4.69, 9.17) is 5.73 Å². The number of thioether (sulfide) groups is 1. The molecule has 2 heterocycles. The van der Waals surface area contributed by atoms with E-state index >= 15 is 0 Å². The molecule has 1 fully saturated rings. The number of rotatable bonds is 5. The lowest BCUT2D eigenvalue weighted by atomic mass is 10.1. The highest BCUT2D eigenvalue weighted by atomic mass is 32.2. The van der Waals surface area contributed by atoms with Gasteiger partial charge in [-0.05, 0) is 12.0 Å². The SMILES string of the molecule is Nc1nc(SCc2ccccc2)c2ncn([C@@H]3C[C@H](CO)[C@@H](O)[C@H]3O)c2n1. The molecule has 0 spiro atoms. The second-order valence-electron chi connectivity index (χ2n) is 6.71. The van der Waals surface area contributed by atoms with Gasteiger partial charge in [-0.1, -0.05) is 42.1 Å². The summed E-state index contributed by atoms with van der Waals surface area (Å²) < 4.78 is 1.73. The number of nitrogens with zero attached hydrogens (tertiary/aromatic N) is 4. The van der Waals surface area contributed by atoms with E-state index in [-0.39, 0.29) is 18.5 Å². The zero-order valence-electron chi connectivity index (χ0n) is 14.5. The molecule has 2 aromatic heterocycles. The van der Waals surface area contributed by atoms with Gasteiger partial charge >= 0.3 is 0 Å². The van der Waals surface area contributed by atoms with Crippen molar-refractivity contribution in [2.45, 2.75) is 35.4 Å². The molecule has 1 aliphatic rings. The molecule has 0 bridgehead atoms. The zero-order chi connectivity index (χ0) is 19.0. The minimum atomic E-state index is -1.00. The van der Waals surface area contributed by atoms with E-state index in [1.165, 1.54) is 11.8 Å². The van der Waals surface area contributed by atoms with E-state index < -0.39 is 18.2 Å². The monoisotopic (exact) mass is 387 g/mol. The van der Waals surface area contributed by atoms with Crippen LogP contribution in [0, 0.1) is 5.92 Å². The van der Waals surface area contributed by atoms with Crippen molar-refractivity contribution in [2.24, 2.45) is 5.92 Å². The first-order chi connectivity index (χ1) is 13.1. The molecule has 9 heteroatoms. The highest BCUT2D eigenvalue weighted by Crippen LogP contribution is 2.37. The minimum Gasteiger partial charge on any atom is -0.396 e. The summed E-state index contributed by atoms with van der Waals surface area (Å²) in [6.45, 7) is -0.184. The molecule has 1 aromatic carbocycles. The molecule has 0 unspecified atom stereocenters. The average molecular weight is 387 g/mol. The van der Waals surface area contributed by atoms with Crippen molar-refractivity contribution in [3.63, 3.8) is 0 Å². The molecule has 0 saturated heterocycles. The molecular formula is C18H21N5O3S. The van der Waals surface area contributed by atoms with E-state index in [1.54, 1.807) is 10.9 Å². The van der Waals surface area contributed by atoms with Gasteiger partial charge in [-0.25, -0.2) is 9.97 Å². The van der Waals surface area contributed by atoms with Crippen LogP contribution in [-0.2, 0) is 5.75 Å². The van der Waals surface area contributed by atoms with Crippen LogP contribution in [0.3, 0.4) is 0 Å². The second kappa shape index (κ2) is 7.43. The Hall–Kier alpha value is -2.20. The minimum absolute atomic E-state index is 0.131. The highest BCUT2D eigenvalue weighted by molar-refractivity contribution is 7.98. The summed E-state index contributed by atoms with van der Waals surface area (Å²) in [5.41, 5.74) is 8.20. The molecule has 1 aliphatic carbocycles. The van der Waals surface area contributed by atoms with Crippen LogP contribution in [0.15, 0.2) is 41.7 Å². The van der Waals surface area contributed by atoms with Crippen molar-refractivity contribution in [1.29, 1.82) is 0 Å². The molecule has 4 atom stereocenters. The number of aliphatic hydroxyl groups excluding tert-OH is 3. The summed E-state index contributed by atoms with van der Waals surface area (Å²) >= 11 is 1.52. The Morgan fingerprint density at radius 3 is 2.63 bits per heavy atom. The third kappa shape index (κ3) is 3.39. The first-order valence-electron chi connectivity index (χ1n) is 8.72. The largest absolute Gasteiger partial charge is 0.396 e. The van der Waals surface area contributed by atoms with E-state index in [2.05, 4.69) is 15.0 Å². The third-order valence-corrected chi connectivity index (χ3v) is 6.02. The van der Waals surface area contributed by atoms with Crippen LogP contribution in [-0.4, -0.2) is 53.7 Å². The van der Waals surface area contributed by atoms with Gasteiger partial charge in [-0.3, -0.25) is 0 Å². The number of fused-ring (bicyclic) bond motifs is 1. The number of hydrogen-bond acceptors (Lipinski definition) is 8. The molecule has 27 heavy (non-hydrogen) atoms. The van der Waals surface area contributed by atoms with Crippen LogP contribution in [0.5, 0.6) is 0 Å². The summed E-state index contributed by atoms with van der Waals surface area (Å²) in [5.74, 6) is 0.469. The van der Waals surface area contributed by atoms with Gasteiger partial charge in [0, 0.05) is 18.3 Å². The fourth-order valence-corrected chi connectivity index (χ4v) is 4.47. The van der Waals surface area contributed by atoms with Crippen molar-refractivity contribution in [3.05, 3.63) is 42.2 Å². The molecule has 8 nitrogen and oxygen atoms in total. The number of benzene rings is 1. The van der Waals surface area contributed by atoms with E-state index in [9.17, 15) is 15.3 Å². The lowest BCUT2D eigenvalue weighted by Gasteiger charge is -2.18. The van der Waals surface area contributed by atoms with Crippen molar-refractivity contribution < 1.29 is 15.3 Å². The molecule has 3 aromatic rings. The van der Waals surface area contributed by atoms with Crippen LogP contribution in [0.4, 0.5) is 5.95 Å². The summed E-state index contributed by atoms with van der Waals surface area (Å²) in [6.07, 6.45) is 0.0339. The summed E-state index contributed by atoms with van der Waals surface area (Å²) in [7, 11) is 0. The molecular weight excluding hydrogens is 366 g/mol. The first-order valence-corrected chi connectivity index (χ1v) is 9.70. The Balaban J connectivity index is 1.66. The molecule has 4 rings (SSSR count). The maximum absolute atomic E-state index is 10.4. The second-order valence-corrected chi connectivity index (χ2v) is 7.68. The predicted octanol–water partition coefficient (Wildman–Crippen LogP) is 0.976. The maximum Gasteiger partial charge on any atom is 0.223 e. The number of imidazole rings is 1. The van der Waals surface area contributed by atoms with Gasteiger partial charge in [0.25, 0.3) is 0 Å². The molecule has 0 aliphatic heterocycles. The van der Waals surface area contributed by atoms with Crippen LogP contribution in [0.2, 0.25) is 0 Å². The van der Waals surface area contributed by atoms with Crippen LogP contribution >= 0.6 is 11.8 Å². The van der Waals surface area contributed by atoms with Gasteiger partial charge in [-0.15, -0.1) is 0 Å². The number of hydrogen-bond donors (Lipinski definition) is 4. The Kier molecular flexibility index (Phi) is 5.00. The van der Waals surface area contributed by atoms with Gasteiger partial charge in [0.1, 0.15) is 16.6 Å². The quantitative estimate of drug-likeness (QED) is 0.376. The van der Waals surface area contributed by atoms with E-state index in [0.29, 0.717) is 22.6 Å². The third-order valence-electron chi connectivity index (χ3n) is 4.99. The van der Waals surface area contributed by atoms with Crippen molar-refractivity contribution in [3.8, 4) is 0 Å². The van der Waals surface area contributed by atoms with Gasteiger partial charge in [0.15, 0.2) is 5.65 Å². The van der Waals surface area contributed by atoms with E-state index in [1.807, 2.05) is 30.3 Å². The van der Waals surface area contributed by atoms with Gasteiger partial charge in [0.2, 0.25) is 5.95 Å². The van der Waals surface area contributed by atoms with Crippen LogP contribution < -0.4 is 5.73 Å². The standard InChI is InChI=1S/C18H21N5O3S/c19-18-21-16-13(17(22-18)27-8-10-4-2-1-3-5-10)20-9-23(16)12-6-11(7-24)14(25)15(12)26/h1-5,9,11-12,14-15,24-26H,6-8H2,(H2,19,21,22)/t11-,12-,14-,15+/m1/s1. The number of anilines is 1. The lowest BCUT2D eigenvalue weighted by molar-refractivity contribution is -0.00370. The van der Waals surface area contributed by atoms with Gasteiger partial charge < -0.3 is 25.6 Å². The molecule has 1 saturated carbocycles.